The van der Waals surface area contributed by atoms with Gasteiger partial charge in [0.05, 0.1) is 6.54 Å². The van der Waals surface area contributed by atoms with Gasteiger partial charge in [0.15, 0.2) is 5.82 Å². The molecule has 1 aromatic carbocycles. The van der Waals surface area contributed by atoms with E-state index in [1.165, 1.54) is 11.1 Å². The number of aromatic nitrogens is 2. The summed E-state index contributed by atoms with van der Waals surface area (Å²) in [5, 5.41) is 12.7. The standard InChI is InChI=1S/C17H21N3O3/c1-12-9-20(10-13-5-2-3-6-14(12)13)11-15-18-16(23-19-15)7-4-8-17(21)22/h2-3,5-6,12H,4,7-11H2,1H3,(H,21,22). The summed E-state index contributed by atoms with van der Waals surface area (Å²) >= 11 is 0. The highest BCUT2D eigenvalue weighted by atomic mass is 16.5. The molecule has 122 valence electrons. The molecule has 0 amide bonds. The lowest BCUT2D eigenvalue weighted by Crippen LogP contribution is -2.32. The van der Waals surface area contributed by atoms with Crippen LogP contribution in [0.2, 0.25) is 0 Å². The third kappa shape index (κ3) is 3.96. The van der Waals surface area contributed by atoms with Crippen LogP contribution in [0.3, 0.4) is 0 Å². The van der Waals surface area contributed by atoms with Crippen LogP contribution in [0.5, 0.6) is 0 Å². The molecule has 1 unspecified atom stereocenters. The van der Waals surface area contributed by atoms with Crippen molar-refractivity contribution in [3.8, 4) is 0 Å². The summed E-state index contributed by atoms with van der Waals surface area (Å²) in [5.74, 6) is 0.876. The molecule has 1 aromatic heterocycles. The Morgan fingerprint density at radius 1 is 1.43 bits per heavy atom. The summed E-state index contributed by atoms with van der Waals surface area (Å²) < 4.78 is 5.20. The van der Waals surface area contributed by atoms with Crippen molar-refractivity contribution in [3.63, 3.8) is 0 Å². The zero-order chi connectivity index (χ0) is 16.2. The van der Waals surface area contributed by atoms with Gasteiger partial charge in [-0.1, -0.05) is 36.3 Å². The maximum absolute atomic E-state index is 10.5. The molecular weight excluding hydrogens is 294 g/mol. The van der Waals surface area contributed by atoms with E-state index >= 15 is 0 Å². The second kappa shape index (κ2) is 6.91. The molecule has 1 aliphatic heterocycles. The fraction of sp³-hybridized carbons (Fsp3) is 0.471. The second-order valence-corrected chi connectivity index (χ2v) is 6.12. The van der Waals surface area contributed by atoms with E-state index in [1.54, 1.807) is 0 Å². The number of carbonyl (C=O) groups is 1. The Balaban J connectivity index is 1.58. The van der Waals surface area contributed by atoms with Crippen molar-refractivity contribution in [2.45, 2.75) is 45.2 Å². The molecule has 6 nitrogen and oxygen atoms in total. The van der Waals surface area contributed by atoms with E-state index in [-0.39, 0.29) is 6.42 Å². The van der Waals surface area contributed by atoms with Gasteiger partial charge in [-0.2, -0.15) is 4.98 Å². The zero-order valence-electron chi connectivity index (χ0n) is 13.2. The number of benzene rings is 1. The molecule has 0 radical (unpaired) electrons. The summed E-state index contributed by atoms with van der Waals surface area (Å²) in [7, 11) is 0. The largest absolute Gasteiger partial charge is 0.481 e. The first-order chi connectivity index (χ1) is 11.1. The van der Waals surface area contributed by atoms with Gasteiger partial charge in [-0.15, -0.1) is 0 Å². The van der Waals surface area contributed by atoms with Crippen molar-refractivity contribution in [3.05, 3.63) is 47.1 Å². The van der Waals surface area contributed by atoms with Crippen molar-refractivity contribution < 1.29 is 14.4 Å². The van der Waals surface area contributed by atoms with Crippen molar-refractivity contribution in [1.82, 2.24) is 15.0 Å². The Labute approximate surface area is 135 Å². The predicted molar refractivity (Wildman–Crippen MR) is 83.8 cm³/mol. The maximum Gasteiger partial charge on any atom is 0.303 e. The summed E-state index contributed by atoms with van der Waals surface area (Å²) in [6.45, 7) is 4.75. The van der Waals surface area contributed by atoms with E-state index in [2.05, 4.69) is 46.2 Å². The molecule has 3 rings (SSSR count). The van der Waals surface area contributed by atoms with Gasteiger partial charge in [-0.05, 0) is 23.5 Å². The third-order valence-electron chi connectivity index (χ3n) is 4.17. The van der Waals surface area contributed by atoms with Crippen LogP contribution in [0.1, 0.15) is 48.5 Å². The smallest absolute Gasteiger partial charge is 0.303 e. The number of aliphatic carboxylic acids is 1. The van der Waals surface area contributed by atoms with Gasteiger partial charge in [-0.3, -0.25) is 9.69 Å². The Kier molecular flexibility index (Phi) is 4.71. The van der Waals surface area contributed by atoms with Gasteiger partial charge in [0.25, 0.3) is 0 Å². The second-order valence-electron chi connectivity index (χ2n) is 6.12. The molecule has 0 saturated heterocycles. The highest BCUT2D eigenvalue weighted by Crippen LogP contribution is 2.28. The zero-order valence-corrected chi connectivity index (χ0v) is 13.2. The number of fused-ring (bicyclic) bond motifs is 1. The Morgan fingerprint density at radius 3 is 3.09 bits per heavy atom. The number of rotatable bonds is 6. The average molecular weight is 315 g/mol. The van der Waals surface area contributed by atoms with Gasteiger partial charge >= 0.3 is 5.97 Å². The minimum atomic E-state index is -0.800. The molecule has 0 spiro atoms. The minimum absolute atomic E-state index is 0.123. The summed E-state index contributed by atoms with van der Waals surface area (Å²) in [4.78, 5) is 17.2. The molecule has 0 fully saturated rings. The number of hydrogen-bond acceptors (Lipinski definition) is 5. The molecule has 1 aliphatic rings. The average Bonchev–Trinajstić information content (AvgIpc) is 2.94. The monoisotopic (exact) mass is 315 g/mol. The predicted octanol–water partition coefficient (Wildman–Crippen LogP) is 2.60. The normalized spacial score (nSPS) is 17.9. The van der Waals surface area contributed by atoms with Crippen molar-refractivity contribution in [2.75, 3.05) is 6.54 Å². The highest BCUT2D eigenvalue weighted by molar-refractivity contribution is 5.66. The Bertz CT molecular complexity index is 683. The van der Waals surface area contributed by atoms with Crippen LogP contribution in [-0.2, 0) is 24.3 Å². The molecular formula is C17H21N3O3. The van der Waals surface area contributed by atoms with Crippen LogP contribution < -0.4 is 0 Å². The van der Waals surface area contributed by atoms with E-state index in [0.717, 1.165) is 13.1 Å². The fourth-order valence-corrected chi connectivity index (χ4v) is 3.12. The van der Waals surface area contributed by atoms with Gasteiger partial charge in [0, 0.05) is 25.9 Å². The van der Waals surface area contributed by atoms with Crippen LogP contribution in [0.25, 0.3) is 0 Å². The molecule has 1 atom stereocenters. The first-order valence-corrected chi connectivity index (χ1v) is 7.95. The molecule has 0 aliphatic carbocycles. The quantitative estimate of drug-likeness (QED) is 0.882. The Hall–Kier alpha value is -2.21. The topological polar surface area (TPSA) is 79.5 Å². The van der Waals surface area contributed by atoms with Gasteiger partial charge in [0.2, 0.25) is 5.89 Å². The number of aryl methyl sites for hydroxylation is 1. The van der Waals surface area contributed by atoms with Crippen molar-refractivity contribution in [1.29, 1.82) is 0 Å². The lowest BCUT2D eigenvalue weighted by molar-refractivity contribution is -0.137. The molecule has 0 saturated carbocycles. The van der Waals surface area contributed by atoms with Crippen LogP contribution in [0, 0.1) is 0 Å². The third-order valence-corrected chi connectivity index (χ3v) is 4.17. The van der Waals surface area contributed by atoms with E-state index < -0.39 is 5.97 Å². The van der Waals surface area contributed by atoms with Crippen LogP contribution in [0.15, 0.2) is 28.8 Å². The molecule has 1 N–H and O–H groups in total. The number of carboxylic acids is 1. The fourth-order valence-electron chi connectivity index (χ4n) is 3.12. The van der Waals surface area contributed by atoms with Gasteiger partial charge in [-0.25, -0.2) is 0 Å². The van der Waals surface area contributed by atoms with Crippen molar-refractivity contribution >= 4 is 5.97 Å². The summed E-state index contributed by atoms with van der Waals surface area (Å²) in [6, 6.07) is 8.54. The lowest BCUT2D eigenvalue weighted by Gasteiger charge is -2.32. The SMILES string of the molecule is CC1CN(Cc2noc(CCCC(=O)O)n2)Cc2ccccc21. The van der Waals surface area contributed by atoms with Crippen LogP contribution >= 0.6 is 0 Å². The lowest BCUT2D eigenvalue weighted by atomic mass is 9.91. The molecule has 6 heteroatoms. The van der Waals surface area contributed by atoms with Gasteiger partial charge in [0.1, 0.15) is 0 Å². The Morgan fingerprint density at radius 2 is 2.26 bits per heavy atom. The molecule has 2 aromatic rings. The summed E-state index contributed by atoms with van der Waals surface area (Å²) in [6.07, 6.45) is 1.15. The number of carboxylic acid groups (broad SMARTS) is 1. The minimum Gasteiger partial charge on any atom is -0.481 e. The first kappa shape index (κ1) is 15.7. The number of hydrogen-bond donors (Lipinski definition) is 1. The van der Waals surface area contributed by atoms with E-state index in [0.29, 0.717) is 37.0 Å². The molecule has 0 bridgehead atoms. The van der Waals surface area contributed by atoms with E-state index in [9.17, 15) is 4.79 Å². The molecule has 2 heterocycles. The van der Waals surface area contributed by atoms with Gasteiger partial charge < -0.3 is 9.63 Å². The highest BCUT2D eigenvalue weighted by Gasteiger charge is 2.23. The first-order valence-electron chi connectivity index (χ1n) is 7.95. The number of nitrogens with zero attached hydrogens (tertiary/aromatic N) is 3. The van der Waals surface area contributed by atoms with E-state index in [4.69, 9.17) is 9.63 Å². The van der Waals surface area contributed by atoms with E-state index in [1.807, 2.05) is 0 Å². The van der Waals surface area contributed by atoms with Crippen LogP contribution in [-0.4, -0.2) is 32.7 Å². The van der Waals surface area contributed by atoms with Crippen molar-refractivity contribution in [2.24, 2.45) is 0 Å². The van der Waals surface area contributed by atoms with Crippen LogP contribution in [0.4, 0.5) is 0 Å². The summed E-state index contributed by atoms with van der Waals surface area (Å²) in [5.41, 5.74) is 2.78. The maximum atomic E-state index is 10.5. The molecule has 23 heavy (non-hydrogen) atoms.